The van der Waals surface area contributed by atoms with Crippen molar-refractivity contribution in [1.82, 2.24) is 10.2 Å². The quantitative estimate of drug-likeness (QED) is 0.608. The summed E-state index contributed by atoms with van der Waals surface area (Å²) in [5.41, 5.74) is 0. The highest BCUT2D eigenvalue weighted by Gasteiger charge is 2.26. The molecule has 5 nitrogen and oxygen atoms in total. The maximum Gasteiger partial charge on any atom is 0.119 e. The lowest BCUT2D eigenvalue weighted by atomic mass is 10.1. The number of nitrogens with zero attached hydrogens (tertiary/aromatic N) is 1. The van der Waals surface area contributed by atoms with Crippen molar-refractivity contribution in [1.29, 1.82) is 0 Å². The predicted molar refractivity (Wildman–Crippen MR) is 82.5 cm³/mol. The Labute approximate surface area is 126 Å². The second-order valence-corrected chi connectivity index (χ2v) is 5.49. The molecule has 0 bridgehead atoms. The normalized spacial score (nSPS) is 23.1. The topological polar surface area (TPSA) is 65.0 Å². The third kappa shape index (κ3) is 5.28. The molecule has 1 heterocycles. The molecule has 118 valence electrons. The van der Waals surface area contributed by atoms with Crippen LogP contribution in [0.3, 0.4) is 0 Å². The Morgan fingerprint density at radius 1 is 1.14 bits per heavy atom. The lowest BCUT2D eigenvalue weighted by Crippen LogP contribution is -2.59. The molecule has 0 saturated carbocycles. The van der Waals surface area contributed by atoms with E-state index in [2.05, 4.69) is 10.2 Å². The average molecular weight is 294 g/mol. The first-order valence-electron chi connectivity index (χ1n) is 7.70. The van der Waals surface area contributed by atoms with Crippen LogP contribution < -0.4 is 10.1 Å². The second kappa shape index (κ2) is 9.00. The van der Waals surface area contributed by atoms with E-state index in [-0.39, 0.29) is 25.3 Å². The van der Waals surface area contributed by atoms with Crippen molar-refractivity contribution in [2.24, 2.45) is 0 Å². The fourth-order valence-electron chi connectivity index (χ4n) is 2.63. The van der Waals surface area contributed by atoms with Gasteiger partial charge in [-0.15, -0.1) is 0 Å². The minimum Gasteiger partial charge on any atom is -0.494 e. The Bertz CT molecular complexity index is 388. The van der Waals surface area contributed by atoms with Gasteiger partial charge in [0.05, 0.1) is 19.8 Å². The van der Waals surface area contributed by atoms with Crippen LogP contribution in [-0.2, 0) is 0 Å². The summed E-state index contributed by atoms with van der Waals surface area (Å²) in [5.74, 6) is 0.910. The number of ether oxygens (including phenoxy) is 1. The summed E-state index contributed by atoms with van der Waals surface area (Å²) in [6.07, 6.45) is 2.02. The van der Waals surface area contributed by atoms with Gasteiger partial charge in [-0.2, -0.15) is 0 Å². The lowest BCUT2D eigenvalue weighted by molar-refractivity contribution is 0.0625. The third-order valence-corrected chi connectivity index (χ3v) is 3.90. The molecule has 5 heteroatoms. The Morgan fingerprint density at radius 2 is 1.95 bits per heavy atom. The summed E-state index contributed by atoms with van der Waals surface area (Å²) in [6.45, 7) is 3.48. The minimum atomic E-state index is 0.119. The van der Waals surface area contributed by atoms with Crippen LogP contribution in [0.4, 0.5) is 0 Å². The predicted octanol–water partition coefficient (Wildman–Crippen LogP) is 0.473. The number of unbranched alkanes of at least 4 members (excludes halogenated alkanes) is 1. The van der Waals surface area contributed by atoms with E-state index >= 15 is 0 Å². The summed E-state index contributed by atoms with van der Waals surface area (Å²) < 4.78 is 5.67. The van der Waals surface area contributed by atoms with Crippen molar-refractivity contribution in [2.75, 3.05) is 39.5 Å². The van der Waals surface area contributed by atoms with Crippen LogP contribution in [0.2, 0.25) is 0 Å². The number of piperazine rings is 1. The fraction of sp³-hybridized carbons (Fsp3) is 0.625. The van der Waals surface area contributed by atoms with Gasteiger partial charge in [0.1, 0.15) is 5.75 Å². The molecule has 21 heavy (non-hydrogen) atoms. The zero-order valence-corrected chi connectivity index (χ0v) is 12.4. The van der Waals surface area contributed by atoms with Crippen LogP contribution in [-0.4, -0.2) is 66.7 Å². The van der Waals surface area contributed by atoms with Gasteiger partial charge >= 0.3 is 0 Å². The van der Waals surface area contributed by atoms with Gasteiger partial charge in [-0.05, 0) is 31.5 Å². The molecule has 1 saturated heterocycles. The van der Waals surface area contributed by atoms with E-state index in [1.165, 1.54) is 0 Å². The maximum absolute atomic E-state index is 9.40. The summed E-state index contributed by atoms with van der Waals surface area (Å²) >= 11 is 0. The van der Waals surface area contributed by atoms with E-state index in [0.29, 0.717) is 6.61 Å². The molecule has 2 unspecified atom stereocenters. The first-order valence-corrected chi connectivity index (χ1v) is 7.70. The van der Waals surface area contributed by atoms with E-state index in [9.17, 15) is 10.2 Å². The van der Waals surface area contributed by atoms with Crippen molar-refractivity contribution >= 4 is 0 Å². The van der Waals surface area contributed by atoms with E-state index in [1.807, 2.05) is 30.3 Å². The van der Waals surface area contributed by atoms with Crippen molar-refractivity contribution < 1.29 is 14.9 Å². The van der Waals surface area contributed by atoms with E-state index < -0.39 is 0 Å². The summed E-state index contributed by atoms with van der Waals surface area (Å²) in [5, 5.41) is 21.9. The van der Waals surface area contributed by atoms with Crippen LogP contribution in [0.25, 0.3) is 0 Å². The molecule has 0 spiro atoms. The van der Waals surface area contributed by atoms with Gasteiger partial charge in [0.15, 0.2) is 0 Å². The highest BCUT2D eigenvalue weighted by atomic mass is 16.5. The van der Waals surface area contributed by atoms with Gasteiger partial charge in [-0.3, -0.25) is 4.90 Å². The van der Waals surface area contributed by atoms with Crippen molar-refractivity contribution in [3.05, 3.63) is 30.3 Å². The molecule has 0 amide bonds. The first-order chi connectivity index (χ1) is 10.3. The second-order valence-electron chi connectivity index (χ2n) is 5.49. The monoisotopic (exact) mass is 294 g/mol. The Hall–Kier alpha value is -1.14. The summed E-state index contributed by atoms with van der Waals surface area (Å²) in [7, 11) is 0. The van der Waals surface area contributed by atoms with Gasteiger partial charge in [0.2, 0.25) is 0 Å². The molecule has 2 atom stereocenters. The number of nitrogens with one attached hydrogen (secondary N) is 1. The van der Waals surface area contributed by atoms with Crippen LogP contribution in [0.15, 0.2) is 30.3 Å². The van der Waals surface area contributed by atoms with Gasteiger partial charge in [-0.1, -0.05) is 18.2 Å². The zero-order valence-electron chi connectivity index (χ0n) is 12.4. The molecule has 1 fully saturated rings. The van der Waals surface area contributed by atoms with E-state index in [1.54, 1.807) is 0 Å². The molecule has 2 rings (SSSR count). The molecule has 0 aliphatic carbocycles. The number of aliphatic hydroxyl groups is 2. The van der Waals surface area contributed by atoms with Crippen LogP contribution in [0.5, 0.6) is 5.75 Å². The standard InChI is InChI=1S/C16H26N2O3/c19-12-14-11-18(15(13-20)10-17-14)8-4-5-9-21-16-6-2-1-3-7-16/h1-3,6-7,14-15,17,19-20H,4-5,8-13H2. The van der Waals surface area contributed by atoms with Crippen molar-refractivity contribution in [3.8, 4) is 5.75 Å². The number of para-hydroxylation sites is 1. The summed E-state index contributed by atoms with van der Waals surface area (Å²) in [4.78, 5) is 2.26. The Balaban J connectivity index is 1.64. The Kier molecular flexibility index (Phi) is 6.95. The molecule has 1 aliphatic heterocycles. The maximum atomic E-state index is 9.40. The molecule has 0 aromatic heterocycles. The molecule has 3 N–H and O–H groups in total. The fourth-order valence-corrected chi connectivity index (χ4v) is 2.63. The lowest BCUT2D eigenvalue weighted by Gasteiger charge is -2.39. The summed E-state index contributed by atoms with van der Waals surface area (Å²) in [6, 6.07) is 10.1. The molecular formula is C16H26N2O3. The van der Waals surface area contributed by atoms with Gasteiger partial charge in [0.25, 0.3) is 0 Å². The number of aliphatic hydroxyl groups excluding tert-OH is 2. The third-order valence-electron chi connectivity index (χ3n) is 3.90. The first kappa shape index (κ1) is 16.2. The highest BCUT2D eigenvalue weighted by Crippen LogP contribution is 2.11. The highest BCUT2D eigenvalue weighted by molar-refractivity contribution is 5.20. The average Bonchev–Trinajstić information content (AvgIpc) is 2.55. The van der Waals surface area contributed by atoms with E-state index in [4.69, 9.17) is 4.74 Å². The van der Waals surface area contributed by atoms with Crippen LogP contribution in [0.1, 0.15) is 12.8 Å². The SMILES string of the molecule is OCC1CN(CCCCOc2ccccc2)C(CO)CN1. The number of rotatable bonds is 8. The molecular weight excluding hydrogens is 268 g/mol. The van der Waals surface area contributed by atoms with Crippen LogP contribution >= 0.6 is 0 Å². The van der Waals surface area contributed by atoms with Crippen LogP contribution in [0, 0.1) is 0 Å². The van der Waals surface area contributed by atoms with E-state index in [0.717, 1.165) is 38.2 Å². The number of benzene rings is 1. The van der Waals surface area contributed by atoms with Gasteiger partial charge in [-0.25, -0.2) is 0 Å². The Morgan fingerprint density at radius 3 is 2.67 bits per heavy atom. The molecule has 0 radical (unpaired) electrons. The molecule has 1 aromatic rings. The molecule has 1 aliphatic rings. The van der Waals surface area contributed by atoms with Crippen molar-refractivity contribution in [3.63, 3.8) is 0 Å². The number of hydrogen-bond acceptors (Lipinski definition) is 5. The zero-order chi connectivity index (χ0) is 14.9. The molecule has 1 aromatic carbocycles. The number of hydrogen-bond donors (Lipinski definition) is 3. The van der Waals surface area contributed by atoms with Gasteiger partial charge < -0.3 is 20.3 Å². The van der Waals surface area contributed by atoms with Gasteiger partial charge in [0, 0.05) is 25.2 Å². The minimum absolute atomic E-state index is 0.119. The largest absolute Gasteiger partial charge is 0.494 e. The smallest absolute Gasteiger partial charge is 0.119 e. The van der Waals surface area contributed by atoms with Crippen molar-refractivity contribution in [2.45, 2.75) is 24.9 Å².